The molecule has 0 saturated heterocycles. The number of fused-ring (bicyclic) bond motifs is 1. The summed E-state index contributed by atoms with van der Waals surface area (Å²) in [6.07, 6.45) is 1.98. The highest BCUT2D eigenvalue weighted by molar-refractivity contribution is 5.85. The predicted octanol–water partition coefficient (Wildman–Crippen LogP) is 4.45. The van der Waals surface area contributed by atoms with E-state index in [1.165, 1.54) is 33.2 Å². The Balaban J connectivity index is 2.16. The SMILES string of the molecule is Cc1ccc(-c2ccc3[nH]ccc3c2)cc1C. The fraction of sp³-hybridized carbons (Fsp3) is 0.125. The first-order valence-corrected chi connectivity index (χ1v) is 5.89. The van der Waals surface area contributed by atoms with Gasteiger partial charge in [-0.05, 0) is 59.7 Å². The summed E-state index contributed by atoms with van der Waals surface area (Å²) in [7, 11) is 0. The van der Waals surface area contributed by atoms with Crippen LogP contribution in [-0.2, 0) is 0 Å². The zero-order chi connectivity index (χ0) is 11.8. The molecule has 0 radical (unpaired) electrons. The molecule has 1 heteroatoms. The normalized spacial score (nSPS) is 10.9. The minimum atomic E-state index is 1.19. The van der Waals surface area contributed by atoms with Crippen LogP contribution < -0.4 is 0 Å². The van der Waals surface area contributed by atoms with Crippen molar-refractivity contribution in [3.05, 3.63) is 59.8 Å². The number of benzene rings is 2. The van der Waals surface area contributed by atoms with Gasteiger partial charge in [0.05, 0.1) is 0 Å². The predicted molar refractivity (Wildman–Crippen MR) is 73.2 cm³/mol. The number of hydrogen-bond acceptors (Lipinski definition) is 0. The van der Waals surface area contributed by atoms with Crippen molar-refractivity contribution in [2.24, 2.45) is 0 Å². The summed E-state index contributed by atoms with van der Waals surface area (Å²) in [4.78, 5) is 3.22. The monoisotopic (exact) mass is 221 g/mol. The number of aromatic nitrogens is 1. The minimum absolute atomic E-state index is 1.19. The first kappa shape index (κ1) is 10.2. The lowest BCUT2D eigenvalue weighted by molar-refractivity contribution is 1.34. The highest BCUT2D eigenvalue weighted by atomic mass is 14.7. The van der Waals surface area contributed by atoms with Gasteiger partial charge in [-0.2, -0.15) is 0 Å². The Hall–Kier alpha value is -2.02. The maximum absolute atomic E-state index is 3.22. The van der Waals surface area contributed by atoms with Gasteiger partial charge in [-0.3, -0.25) is 0 Å². The molecule has 3 rings (SSSR count). The Morgan fingerprint density at radius 1 is 0.765 bits per heavy atom. The second-order valence-electron chi connectivity index (χ2n) is 4.58. The molecule has 0 fully saturated rings. The zero-order valence-corrected chi connectivity index (χ0v) is 10.1. The van der Waals surface area contributed by atoms with Gasteiger partial charge in [-0.15, -0.1) is 0 Å². The third-order valence-electron chi connectivity index (χ3n) is 3.39. The van der Waals surface area contributed by atoms with Crippen LogP contribution in [0.2, 0.25) is 0 Å². The molecule has 1 N–H and O–H groups in total. The van der Waals surface area contributed by atoms with Crippen molar-refractivity contribution in [2.45, 2.75) is 13.8 Å². The van der Waals surface area contributed by atoms with Crippen LogP contribution in [-0.4, -0.2) is 4.98 Å². The van der Waals surface area contributed by atoms with E-state index in [0.717, 1.165) is 0 Å². The van der Waals surface area contributed by atoms with Gasteiger partial charge in [0.2, 0.25) is 0 Å². The number of H-pyrrole nitrogens is 1. The van der Waals surface area contributed by atoms with Crippen molar-refractivity contribution >= 4 is 10.9 Å². The fourth-order valence-electron chi connectivity index (χ4n) is 2.15. The number of hydrogen-bond donors (Lipinski definition) is 1. The van der Waals surface area contributed by atoms with E-state index in [1.807, 2.05) is 6.20 Å². The molecule has 0 aliphatic heterocycles. The van der Waals surface area contributed by atoms with E-state index in [-0.39, 0.29) is 0 Å². The molecular weight excluding hydrogens is 206 g/mol. The van der Waals surface area contributed by atoms with Crippen molar-refractivity contribution < 1.29 is 0 Å². The van der Waals surface area contributed by atoms with Crippen LogP contribution in [0.1, 0.15) is 11.1 Å². The van der Waals surface area contributed by atoms with Gasteiger partial charge < -0.3 is 4.98 Å². The Labute approximate surface area is 101 Å². The van der Waals surface area contributed by atoms with E-state index >= 15 is 0 Å². The van der Waals surface area contributed by atoms with Crippen LogP contribution in [0.15, 0.2) is 48.7 Å². The molecule has 0 amide bonds. The number of aromatic amines is 1. The van der Waals surface area contributed by atoms with Crippen LogP contribution >= 0.6 is 0 Å². The molecule has 0 saturated carbocycles. The molecule has 0 atom stereocenters. The topological polar surface area (TPSA) is 15.8 Å². The summed E-state index contributed by atoms with van der Waals surface area (Å²) in [6, 6.07) is 15.3. The molecule has 0 unspecified atom stereocenters. The van der Waals surface area contributed by atoms with E-state index < -0.39 is 0 Å². The van der Waals surface area contributed by atoms with Crippen molar-refractivity contribution in [3.63, 3.8) is 0 Å². The molecule has 17 heavy (non-hydrogen) atoms. The molecule has 0 aliphatic rings. The van der Waals surface area contributed by atoms with Gasteiger partial charge in [-0.1, -0.05) is 24.3 Å². The summed E-state index contributed by atoms with van der Waals surface area (Å²) in [5.74, 6) is 0. The summed E-state index contributed by atoms with van der Waals surface area (Å²) < 4.78 is 0. The van der Waals surface area contributed by atoms with E-state index in [9.17, 15) is 0 Å². The molecule has 3 aromatic rings. The number of nitrogens with one attached hydrogen (secondary N) is 1. The van der Waals surface area contributed by atoms with Gasteiger partial charge >= 0.3 is 0 Å². The van der Waals surface area contributed by atoms with E-state index in [0.29, 0.717) is 0 Å². The van der Waals surface area contributed by atoms with Crippen LogP contribution in [0.25, 0.3) is 22.0 Å². The van der Waals surface area contributed by atoms with E-state index in [1.54, 1.807) is 0 Å². The highest BCUT2D eigenvalue weighted by Gasteiger charge is 2.01. The molecule has 2 aromatic carbocycles. The summed E-state index contributed by atoms with van der Waals surface area (Å²) in [6.45, 7) is 4.31. The molecule has 1 aromatic heterocycles. The van der Waals surface area contributed by atoms with E-state index in [4.69, 9.17) is 0 Å². The molecule has 0 spiro atoms. The Bertz CT molecular complexity index is 677. The summed E-state index contributed by atoms with van der Waals surface area (Å²) >= 11 is 0. The average molecular weight is 221 g/mol. The zero-order valence-electron chi connectivity index (χ0n) is 10.1. The largest absolute Gasteiger partial charge is 0.361 e. The van der Waals surface area contributed by atoms with Crippen LogP contribution in [0, 0.1) is 13.8 Å². The average Bonchev–Trinajstić information content (AvgIpc) is 2.79. The van der Waals surface area contributed by atoms with Crippen molar-refractivity contribution in [2.75, 3.05) is 0 Å². The lowest BCUT2D eigenvalue weighted by Crippen LogP contribution is -1.83. The van der Waals surface area contributed by atoms with Crippen LogP contribution in [0.3, 0.4) is 0 Å². The maximum atomic E-state index is 3.22. The summed E-state index contributed by atoms with van der Waals surface area (Å²) in [5, 5.41) is 1.26. The fourth-order valence-corrected chi connectivity index (χ4v) is 2.15. The molecule has 0 bridgehead atoms. The van der Waals surface area contributed by atoms with Gasteiger partial charge in [0.25, 0.3) is 0 Å². The van der Waals surface area contributed by atoms with Crippen LogP contribution in [0.4, 0.5) is 0 Å². The third kappa shape index (κ3) is 1.74. The quantitative estimate of drug-likeness (QED) is 0.624. The van der Waals surface area contributed by atoms with Gasteiger partial charge in [0.1, 0.15) is 0 Å². The third-order valence-corrected chi connectivity index (χ3v) is 3.39. The second-order valence-corrected chi connectivity index (χ2v) is 4.58. The lowest BCUT2D eigenvalue weighted by Gasteiger charge is -2.05. The van der Waals surface area contributed by atoms with E-state index in [2.05, 4.69) is 61.3 Å². The Morgan fingerprint density at radius 3 is 2.35 bits per heavy atom. The molecule has 1 heterocycles. The summed E-state index contributed by atoms with van der Waals surface area (Å²) in [5.41, 5.74) is 6.45. The number of rotatable bonds is 1. The molecule has 84 valence electrons. The molecular formula is C16H15N. The second kappa shape index (κ2) is 3.77. The minimum Gasteiger partial charge on any atom is -0.361 e. The van der Waals surface area contributed by atoms with Gasteiger partial charge in [0.15, 0.2) is 0 Å². The standard InChI is InChI=1S/C16H15N/c1-11-3-4-13(9-12(11)2)14-5-6-16-15(10-14)7-8-17-16/h3-10,17H,1-2H3. The highest BCUT2D eigenvalue weighted by Crippen LogP contribution is 2.25. The molecule has 1 nitrogen and oxygen atoms in total. The van der Waals surface area contributed by atoms with Crippen molar-refractivity contribution in [1.82, 2.24) is 4.98 Å². The van der Waals surface area contributed by atoms with Crippen molar-refractivity contribution in [3.8, 4) is 11.1 Å². The van der Waals surface area contributed by atoms with Gasteiger partial charge in [-0.25, -0.2) is 0 Å². The van der Waals surface area contributed by atoms with Gasteiger partial charge in [0, 0.05) is 11.7 Å². The lowest BCUT2D eigenvalue weighted by atomic mass is 10.00. The first-order valence-electron chi connectivity index (χ1n) is 5.89. The van der Waals surface area contributed by atoms with Crippen molar-refractivity contribution in [1.29, 1.82) is 0 Å². The smallest absolute Gasteiger partial charge is 0.0454 e. The molecule has 0 aliphatic carbocycles. The Kier molecular flexibility index (Phi) is 2.25. The maximum Gasteiger partial charge on any atom is 0.0454 e. The Morgan fingerprint density at radius 2 is 1.53 bits per heavy atom. The van der Waals surface area contributed by atoms with Crippen LogP contribution in [0.5, 0.6) is 0 Å². The number of aryl methyl sites for hydroxylation is 2. The first-order chi connectivity index (χ1) is 8.24.